The molecule has 0 aliphatic carbocycles. The fourth-order valence-corrected chi connectivity index (χ4v) is 5.33. The Labute approximate surface area is 189 Å². The summed E-state index contributed by atoms with van der Waals surface area (Å²) in [5, 5.41) is 2.92. The smallest absolute Gasteiger partial charge is 0.243 e. The average molecular weight is 463 g/mol. The van der Waals surface area contributed by atoms with Crippen LogP contribution in [0.5, 0.6) is 17.2 Å². The molecule has 0 aromatic heterocycles. The standard InChI is InChI=1S/C23H30N2O6S/c1-16-7-9-19(10-8-16)32(27,28)25-11-5-6-18(15-25)23(26)24-14-17-12-20(29-2)22(31-4)21(13-17)30-3/h7-10,12-13,18H,5-6,11,14-15H2,1-4H3,(H,24,26). The van der Waals surface area contributed by atoms with Crippen LogP contribution in [0.3, 0.4) is 0 Å². The van der Waals surface area contributed by atoms with E-state index in [9.17, 15) is 13.2 Å². The van der Waals surface area contributed by atoms with E-state index in [1.54, 1.807) is 36.4 Å². The monoisotopic (exact) mass is 462 g/mol. The maximum Gasteiger partial charge on any atom is 0.243 e. The van der Waals surface area contributed by atoms with Gasteiger partial charge in [0.2, 0.25) is 21.7 Å². The Morgan fingerprint density at radius 3 is 2.25 bits per heavy atom. The van der Waals surface area contributed by atoms with Crippen LogP contribution in [0.25, 0.3) is 0 Å². The number of sulfonamides is 1. The van der Waals surface area contributed by atoms with Crippen molar-refractivity contribution in [1.29, 1.82) is 0 Å². The van der Waals surface area contributed by atoms with E-state index in [0.29, 0.717) is 36.6 Å². The molecule has 1 heterocycles. The Kier molecular flexibility index (Phi) is 7.63. The molecule has 9 heteroatoms. The summed E-state index contributed by atoms with van der Waals surface area (Å²) in [6.07, 6.45) is 1.27. The summed E-state index contributed by atoms with van der Waals surface area (Å²) in [5.41, 5.74) is 1.78. The van der Waals surface area contributed by atoms with Crippen LogP contribution in [-0.4, -0.2) is 53.0 Å². The number of hydrogen-bond donors (Lipinski definition) is 1. The molecule has 1 aliphatic heterocycles. The van der Waals surface area contributed by atoms with Gasteiger partial charge in [-0.15, -0.1) is 0 Å². The number of nitrogens with one attached hydrogen (secondary N) is 1. The molecule has 1 saturated heterocycles. The number of ether oxygens (including phenoxy) is 3. The molecule has 0 bridgehead atoms. The van der Waals surface area contributed by atoms with Crippen molar-refractivity contribution in [2.24, 2.45) is 5.92 Å². The molecule has 2 aromatic carbocycles. The maximum absolute atomic E-state index is 13.0. The number of rotatable bonds is 8. The van der Waals surface area contributed by atoms with Crippen LogP contribution in [0.1, 0.15) is 24.0 Å². The first-order chi connectivity index (χ1) is 15.3. The van der Waals surface area contributed by atoms with E-state index < -0.39 is 15.9 Å². The van der Waals surface area contributed by atoms with Gasteiger partial charge in [-0.05, 0) is 49.6 Å². The van der Waals surface area contributed by atoms with Crippen molar-refractivity contribution >= 4 is 15.9 Å². The van der Waals surface area contributed by atoms with Gasteiger partial charge in [-0.2, -0.15) is 4.31 Å². The first kappa shape index (κ1) is 23.9. The molecule has 1 N–H and O–H groups in total. The minimum absolute atomic E-state index is 0.164. The Hall–Kier alpha value is -2.78. The van der Waals surface area contributed by atoms with Crippen LogP contribution in [0, 0.1) is 12.8 Å². The second kappa shape index (κ2) is 10.2. The van der Waals surface area contributed by atoms with Crippen LogP contribution < -0.4 is 19.5 Å². The molecule has 2 aromatic rings. The Morgan fingerprint density at radius 1 is 1.06 bits per heavy atom. The second-order valence-corrected chi connectivity index (χ2v) is 9.70. The van der Waals surface area contributed by atoms with Crippen LogP contribution in [-0.2, 0) is 21.4 Å². The number of hydrogen-bond acceptors (Lipinski definition) is 6. The number of nitrogens with zero attached hydrogens (tertiary/aromatic N) is 1. The van der Waals surface area contributed by atoms with Crippen LogP contribution in [0.4, 0.5) is 0 Å². The second-order valence-electron chi connectivity index (χ2n) is 7.77. The molecule has 1 amide bonds. The summed E-state index contributed by atoms with van der Waals surface area (Å²) >= 11 is 0. The molecular weight excluding hydrogens is 432 g/mol. The van der Waals surface area contributed by atoms with Gasteiger partial charge in [-0.3, -0.25) is 4.79 Å². The van der Waals surface area contributed by atoms with Crippen LogP contribution in [0.15, 0.2) is 41.3 Å². The molecule has 8 nitrogen and oxygen atoms in total. The number of benzene rings is 2. The van der Waals surface area contributed by atoms with Gasteiger partial charge < -0.3 is 19.5 Å². The van der Waals surface area contributed by atoms with E-state index in [4.69, 9.17) is 14.2 Å². The van der Waals surface area contributed by atoms with E-state index in [-0.39, 0.29) is 23.9 Å². The van der Waals surface area contributed by atoms with Crippen molar-refractivity contribution in [3.8, 4) is 17.2 Å². The van der Waals surface area contributed by atoms with Gasteiger partial charge in [-0.25, -0.2) is 8.42 Å². The largest absolute Gasteiger partial charge is 0.493 e. The van der Waals surface area contributed by atoms with Crippen molar-refractivity contribution in [3.05, 3.63) is 47.5 Å². The van der Waals surface area contributed by atoms with Crippen molar-refractivity contribution in [2.75, 3.05) is 34.4 Å². The van der Waals surface area contributed by atoms with E-state index in [1.807, 2.05) is 6.92 Å². The molecule has 32 heavy (non-hydrogen) atoms. The lowest BCUT2D eigenvalue weighted by atomic mass is 9.98. The summed E-state index contributed by atoms with van der Waals surface area (Å²) in [6, 6.07) is 10.3. The summed E-state index contributed by atoms with van der Waals surface area (Å²) in [6.45, 7) is 2.74. The molecule has 174 valence electrons. The van der Waals surface area contributed by atoms with Gasteiger partial charge >= 0.3 is 0 Å². The highest BCUT2D eigenvalue weighted by Gasteiger charge is 2.33. The highest BCUT2D eigenvalue weighted by atomic mass is 32.2. The molecule has 0 saturated carbocycles. The number of piperidine rings is 1. The van der Waals surface area contributed by atoms with Crippen LogP contribution >= 0.6 is 0 Å². The first-order valence-electron chi connectivity index (χ1n) is 10.4. The highest BCUT2D eigenvalue weighted by Crippen LogP contribution is 2.38. The number of aryl methyl sites for hydroxylation is 1. The van der Waals surface area contributed by atoms with Crippen molar-refractivity contribution in [1.82, 2.24) is 9.62 Å². The molecule has 1 aliphatic rings. The van der Waals surface area contributed by atoms with Gasteiger partial charge in [0.25, 0.3) is 0 Å². The number of methoxy groups -OCH3 is 3. The lowest BCUT2D eigenvalue weighted by Crippen LogP contribution is -2.45. The zero-order valence-electron chi connectivity index (χ0n) is 18.9. The molecule has 0 radical (unpaired) electrons. The highest BCUT2D eigenvalue weighted by molar-refractivity contribution is 7.89. The van der Waals surface area contributed by atoms with Gasteiger partial charge in [-0.1, -0.05) is 17.7 Å². The minimum atomic E-state index is -3.63. The Morgan fingerprint density at radius 2 is 1.69 bits per heavy atom. The fourth-order valence-electron chi connectivity index (χ4n) is 3.81. The van der Waals surface area contributed by atoms with Gasteiger partial charge in [0.1, 0.15) is 0 Å². The fraction of sp³-hybridized carbons (Fsp3) is 0.435. The predicted octanol–water partition coefficient (Wildman–Crippen LogP) is 2.74. The normalized spacial score (nSPS) is 16.9. The number of carbonyl (C=O) groups excluding carboxylic acids is 1. The minimum Gasteiger partial charge on any atom is -0.493 e. The Balaban J connectivity index is 1.68. The third kappa shape index (κ3) is 5.16. The quantitative estimate of drug-likeness (QED) is 0.648. The summed E-state index contributed by atoms with van der Waals surface area (Å²) in [7, 11) is 0.962. The Bertz CT molecular complexity index is 1030. The molecule has 3 rings (SSSR count). The zero-order chi connectivity index (χ0) is 23.3. The molecular formula is C23H30N2O6S. The van der Waals surface area contributed by atoms with Gasteiger partial charge in [0.05, 0.1) is 32.1 Å². The van der Waals surface area contributed by atoms with Crippen LogP contribution in [0.2, 0.25) is 0 Å². The SMILES string of the molecule is COc1cc(CNC(=O)C2CCCN(S(=O)(=O)c3ccc(C)cc3)C2)cc(OC)c1OC. The van der Waals surface area contributed by atoms with Gasteiger partial charge in [0.15, 0.2) is 11.5 Å². The molecule has 1 fully saturated rings. The van der Waals surface area contributed by atoms with E-state index in [1.165, 1.54) is 25.6 Å². The van der Waals surface area contributed by atoms with Crippen molar-refractivity contribution < 1.29 is 27.4 Å². The lowest BCUT2D eigenvalue weighted by Gasteiger charge is -2.31. The van der Waals surface area contributed by atoms with E-state index >= 15 is 0 Å². The predicted molar refractivity (Wildman–Crippen MR) is 121 cm³/mol. The topological polar surface area (TPSA) is 94.2 Å². The third-order valence-electron chi connectivity index (χ3n) is 5.60. The van der Waals surface area contributed by atoms with E-state index in [2.05, 4.69) is 5.32 Å². The van der Waals surface area contributed by atoms with Crippen molar-refractivity contribution in [3.63, 3.8) is 0 Å². The molecule has 1 atom stereocenters. The first-order valence-corrected chi connectivity index (χ1v) is 11.9. The number of carbonyl (C=O) groups is 1. The van der Waals surface area contributed by atoms with Gasteiger partial charge in [0, 0.05) is 19.6 Å². The maximum atomic E-state index is 13.0. The number of amides is 1. The summed E-state index contributed by atoms with van der Waals surface area (Å²) in [4.78, 5) is 13.1. The lowest BCUT2D eigenvalue weighted by molar-refractivity contribution is -0.126. The average Bonchev–Trinajstić information content (AvgIpc) is 2.82. The van der Waals surface area contributed by atoms with E-state index in [0.717, 1.165) is 11.1 Å². The molecule has 0 spiro atoms. The zero-order valence-corrected chi connectivity index (χ0v) is 19.7. The molecule has 1 unspecified atom stereocenters. The summed E-state index contributed by atoms with van der Waals surface area (Å²) < 4.78 is 43.4. The van der Waals surface area contributed by atoms with Crippen molar-refractivity contribution in [2.45, 2.75) is 31.2 Å². The summed E-state index contributed by atoms with van der Waals surface area (Å²) in [5.74, 6) is 0.899. The third-order valence-corrected chi connectivity index (χ3v) is 7.48.